The van der Waals surface area contributed by atoms with Gasteiger partial charge in [0.15, 0.2) is 12.4 Å². The molecule has 0 aliphatic heterocycles. The first-order valence-corrected chi connectivity index (χ1v) is 10.7. The van der Waals surface area contributed by atoms with E-state index >= 15 is 0 Å². The van der Waals surface area contributed by atoms with Gasteiger partial charge in [-0.05, 0) is 80.0 Å². The number of primary sulfonamides is 1. The summed E-state index contributed by atoms with van der Waals surface area (Å²) in [5.41, 5.74) is 4.08. The van der Waals surface area contributed by atoms with Crippen molar-refractivity contribution in [3.63, 3.8) is 0 Å². The summed E-state index contributed by atoms with van der Waals surface area (Å²) < 4.78 is 28.6. The molecule has 28 heavy (non-hydrogen) atoms. The molecule has 2 aromatic carbocycles. The van der Waals surface area contributed by atoms with Gasteiger partial charge in [-0.15, -0.1) is 0 Å². The highest BCUT2D eigenvalue weighted by Crippen LogP contribution is 2.23. The molecule has 2 aromatic rings. The van der Waals surface area contributed by atoms with Crippen LogP contribution in [0.2, 0.25) is 0 Å². The molecule has 7 heteroatoms. The highest BCUT2D eigenvalue weighted by Gasteiger charge is 2.19. The van der Waals surface area contributed by atoms with Crippen molar-refractivity contribution in [1.29, 1.82) is 0 Å². The SMILES string of the molecule is Cc1cc(C(=O)OCC(=O)c2ccc3c(c2)CCCC3)cc(S(N)(=O)=O)c1C. The first-order chi connectivity index (χ1) is 13.2. The van der Waals surface area contributed by atoms with E-state index in [1.807, 2.05) is 12.1 Å². The largest absolute Gasteiger partial charge is 0.454 e. The van der Waals surface area contributed by atoms with E-state index in [1.54, 1.807) is 19.9 Å². The van der Waals surface area contributed by atoms with Crippen molar-refractivity contribution in [3.8, 4) is 0 Å². The van der Waals surface area contributed by atoms with Gasteiger partial charge in [0.05, 0.1) is 10.5 Å². The number of hydrogen-bond donors (Lipinski definition) is 1. The molecule has 6 nitrogen and oxygen atoms in total. The average molecular weight is 401 g/mol. The van der Waals surface area contributed by atoms with E-state index in [9.17, 15) is 18.0 Å². The lowest BCUT2D eigenvalue weighted by Gasteiger charge is -2.16. The normalized spacial score (nSPS) is 13.7. The third kappa shape index (κ3) is 4.31. The van der Waals surface area contributed by atoms with Crippen LogP contribution in [0.3, 0.4) is 0 Å². The number of fused-ring (bicyclic) bond motifs is 1. The van der Waals surface area contributed by atoms with E-state index in [1.165, 1.54) is 23.3 Å². The van der Waals surface area contributed by atoms with Crippen LogP contribution < -0.4 is 5.14 Å². The molecule has 0 unspecified atom stereocenters. The number of esters is 1. The van der Waals surface area contributed by atoms with Gasteiger partial charge >= 0.3 is 5.97 Å². The van der Waals surface area contributed by atoms with Gasteiger partial charge in [-0.2, -0.15) is 0 Å². The first kappa shape index (κ1) is 20.2. The van der Waals surface area contributed by atoms with Gasteiger partial charge in [-0.3, -0.25) is 4.79 Å². The summed E-state index contributed by atoms with van der Waals surface area (Å²) in [6.45, 7) is 2.89. The fraction of sp³-hybridized carbons (Fsp3) is 0.333. The first-order valence-electron chi connectivity index (χ1n) is 9.13. The zero-order chi connectivity index (χ0) is 20.5. The van der Waals surface area contributed by atoms with Crippen molar-refractivity contribution in [2.24, 2.45) is 5.14 Å². The number of carbonyl (C=O) groups is 2. The zero-order valence-corrected chi connectivity index (χ0v) is 16.8. The maximum Gasteiger partial charge on any atom is 0.338 e. The molecule has 0 saturated carbocycles. The Labute approximate surface area is 164 Å². The third-order valence-electron chi connectivity index (χ3n) is 5.17. The Morgan fingerprint density at radius 3 is 2.36 bits per heavy atom. The molecule has 0 amide bonds. The average Bonchev–Trinajstić information content (AvgIpc) is 2.66. The van der Waals surface area contributed by atoms with E-state index in [0.717, 1.165) is 25.7 Å². The van der Waals surface area contributed by atoms with Crippen molar-refractivity contribution in [2.75, 3.05) is 6.61 Å². The summed E-state index contributed by atoms with van der Waals surface area (Å²) in [7, 11) is -3.97. The second-order valence-corrected chi connectivity index (χ2v) is 8.68. The molecular formula is C21H23NO5S. The Kier molecular flexibility index (Phi) is 5.67. The van der Waals surface area contributed by atoms with E-state index in [0.29, 0.717) is 16.7 Å². The Bertz CT molecular complexity index is 1060. The lowest BCUT2D eigenvalue weighted by Crippen LogP contribution is -2.18. The lowest BCUT2D eigenvalue weighted by molar-refractivity contribution is 0.0474. The van der Waals surface area contributed by atoms with Gasteiger partial charge in [0.1, 0.15) is 0 Å². The molecule has 148 valence electrons. The fourth-order valence-corrected chi connectivity index (χ4v) is 4.32. The Morgan fingerprint density at radius 1 is 1.00 bits per heavy atom. The predicted octanol–water partition coefficient (Wildman–Crippen LogP) is 2.87. The molecule has 0 heterocycles. The van der Waals surface area contributed by atoms with Gasteiger partial charge in [-0.25, -0.2) is 18.4 Å². The van der Waals surface area contributed by atoms with Crippen LogP contribution in [-0.4, -0.2) is 26.8 Å². The molecule has 0 spiro atoms. The van der Waals surface area contributed by atoms with E-state index in [2.05, 4.69) is 0 Å². The fourth-order valence-electron chi connectivity index (χ4n) is 3.45. The number of rotatable bonds is 5. The monoisotopic (exact) mass is 401 g/mol. The molecule has 3 rings (SSSR count). The number of sulfonamides is 1. The molecule has 0 aromatic heterocycles. The zero-order valence-electron chi connectivity index (χ0n) is 15.9. The molecule has 0 fully saturated rings. The highest BCUT2D eigenvalue weighted by molar-refractivity contribution is 7.89. The molecule has 0 bridgehead atoms. The summed E-state index contributed by atoms with van der Waals surface area (Å²) in [5, 5.41) is 5.22. The number of hydrogen-bond acceptors (Lipinski definition) is 5. The van der Waals surface area contributed by atoms with Gasteiger partial charge in [0.25, 0.3) is 0 Å². The second-order valence-electron chi connectivity index (χ2n) is 7.15. The summed E-state index contributed by atoms with van der Waals surface area (Å²) >= 11 is 0. The van der Waals surface area contributed by atoms with Crippen molar-refractivity contribution in [3.05, 3.63) is 63.7 Å². The van der Waals surface area contributed by atoms with Crippen LogP contribution in [0, 0.1) is 13.8 Å². The van der Waals surface area contributed by atoms with Crippen LogP contribution in [0.5, 0.6) is 0 Å². The number of benzene rings is 2. The van der Waals surface area contributed by atoms with E-state index in [-0.39, 0.29) is 16.2 Å². The van der Waals surface area contributed by atoms with E-state index < -0.39 is 22.6 Å². The summed E-state index contributed by atoms with van der Waals surface area (Å²) in [5.74, 6) is -1.06. The molecule has 0 atom stereocenters. The molecule has 0 radical (unpaired) electrons. The van der Waals surface area contributed by atoms with Crippen LogP contribution in [0.25, 0.3) is 0 Å². The minimum absolute atomic E-state index is 0.0466. The van der Waals surface area contributed by atoms with E-state index in [4.69, 9.17) is 9.88 Å². The standard InChI is InChI=1S/C21H23NO5S/c1-13-9-18(11-20(14(13)2)28(22,25)26)21(24)27-12-19(23)17-8-7-15-5-3-4-6-16(15)10-17/h7-11H,3-6,12H2,1-2H3,(H2,22,25,26). The van der Waals surface area contributed by atoms with Gasteiger partial charge in [-0.1, -0.05) is 12.1 Å². The molecular weight excluding hydrogens is 378 g/mol. The van der Waals surface area contributed by atoms with Gasteiger partial charge in [0.2, 0.25) is 10.0 Å². The smallest absolute Gasteiger partial charge is 0.338 e. The molecule has 0 saturated heterocycles. The predicted molar refractivity (Wildman–Crippen MR) is 105 cm³/mol. The van der Waals surface area contributed by atoms with Crippen molar-refractivity contribution < 1.29 is 22.7 Å². The van der Waals surface area contributed by atoms with Gasteiger partial charge < -0.3 is 4.74 Å². The van der Waals surface area contributed by atoms with Crippen LogP contribution in [0.15, 0.2) is 35.2 Å². The van der Waals surface area contributed by atoms with Crippen LogP contribution in [0.1, 0.15) is 55.8 Å². The topological polar surface area (TPSA) is 104 Å². The lowest BCUT2D eigenvalue weighted by atomic mass is 9.90. The Morgan fingerprint density at radius 2 is 1.68 bits per heavy atom. The summed E-state index contributed by atoms with van der Waals surface area (Å²) in [6.07, 6.45) is 4.25. The maximum atomic E-state index is 12.4. The molecule has 1 aliphatic rings. The van der Waals surface area contributed by atoms with Crippen molar-refractivity contribution >= 4 is 21.8 Å². The van der Waals surface area contributed by atoms with Crippen molar-refractivity contribution in [1.82, 2.24) is 0 Å². The third-order valence-corrected chi connectivity index (χ3v) is 6.20. The maximum absolute atomic E-state index is 12.4. The summed E-state index contributed by atoms with van der Waals surface area (Å²) in [6, 6.07) is 8.31. The Balaban J connectivity index is 1.74. The van der Waals surface area contributed by atoms with Crippen LogP contribution in [0.4, 0.5) is 0 Å². The minimum Gasteiger partial charge on any atom is -0.454 e. The second kappa shape index (κ2) is 7.85. The quantitative estimate of drug-likeness (QED) is 0.613. The molecule has 1 aliphatic carbocycles. The number of ketones is 1. The minimum atomic E-state index is -3.97. The number of aryl methyl sites for hydroxylation is 3. The van der Waals surface area contributed by atoms with Gasteiger partial charge in [0, 0.05) is 5.56 Å². The van der Waals surface area contributed by atoms with Crippen molar-refractivity contribution in [2.45, 2.75) is 44.4 Å². The van der Waals surface area contributed by atoms with Crippen LogP contribution >= 0.6 is 0 Å². The molecule has 2 N–H and O–H groups in total. The number of Topliss-reactive ketones (excluding diaryl/α,β-unsaturated/α-hetero) is 1. The summed E-state index contributed by atoms with van der Waals surface area (Å²) in [4.78, 5) is 24.6. The Hall–Kier alpha value is -2.51. The highest BCUT2D eigenvalue weighted by atomic mass is 32.2. The number of ether oxygens (including phenoxy) is 1. The van der Waals surface area contributed by atoms with Crippen LogP contribution in [-0.2, 0) is 27.6 Å². The number of nitrogens with two attached hydrogens (primary N) is 1. The number of carbonyl (C=O) groups excluding carboxylic acids is 2.